The Morgan fingerprint density at radius 1 is 1.14 bits per heavy atom. The van der Waals surface area contributed by atoms with Gasteiger partial charge >= 0.3 is 0 Å². The lowest BCUT2D eigenvalue weighted by Gasteiger charge is -2.28. The van der Waals surface area contributed by atoms with Gasteiger partial charge in [0.25, 0.3) is 5.91 Å². The van der Waals surface area contributed by atoms with Gasteiger partial charge in [0.05, 0.1) is 16.4 Å². The van der Waals surface area contributed by atoms with E-state index in [2.05, 4.69) is 17.6 Å². The fraction of sp³-hybridized carbons (Fsp3) is 0.357. The van der Waals surface area contributed by atoms with Crippen LogP contribution in [0.3, 0.4) is 0 Å². The summed E-state index contributed by atoms with van der Waals surface area (Å²) in [4.78, 5) is 13.5. The van der Waals surface area contributed by atoms with Crippen molar-refractivity contribution in [3.05, 3.63) is 80.8 Å². The maximum atomic E-state index is 13.5. The van der Waals surface area contributed by atoms with Crippen LogP contribution in [0.4, 0.5) is 4.39 Å². The zero-order valence-electron chi connectivity index (χ0n) is 20.2. The van der Waals surface area contributed by atoms with Crippen LogP contribution >= 0.6 is 23.2 Å². The molecule has 2 heterocycles. The number of halogens is 3. The minimum atomic E-state index is -0.288. The first-order chi connectivity index (χ1) is 17.4. The zero-order chi connectivity index (χ0) is 25.2. The van der Waals surface area contributed by atoms with E-state index in [4.69, 9.17) is 28.3 Å². The van der Waals surface area contributed by atoms with Gasteiger partial charge in [-0.25, -0.2) is 9.07 Å². The topological polar surface area (TPSA) is 59.0 Å². The Labute approximate surface area is 220 Å². The van der Waals surface area contributed by atoms with Crippen LogP contribution < -0.4 is 10.6 Å². The second-order valence-corrected chi connectivity index (χ2v) is 10.5. The summed E-state index contributed by atoms with van der Waals surface area (Å²) < 4.78 is 15.2. The molecule has 0 spiro atoms. The average molecular weight is 527 g/mol. The van der Waals surface area contributed by atoms with Crippen LogP contribution in [-0.2, 0) is 6.54 Å². The molecule has 1 amide bonds. The van der Waals surface area contributed by atoms with Crippen molar-refractivity contribution in [3.8, 4) is 5.69 Å². The quantitative estimate of drug-likeness (QED) is 0.390. The minimum Gasteiger partial charge on any atom is -0.348 e. The van der Waals surface area contributed by atoms with Crippen LogP contribution in [0.5, 0.6) is 0 Å². The van der Waals surface area contributed by atoms with E-state index in [1.165, 1.54) is 31.4 Å². The molecular formula is C28H29Cl2FN4O. The third-order valence-electron chi connectivity index (χ3n) is 7.18. The largest absolute Gasteiger partial charge is 0.348 e. The maximum Gasteiger partial charge on any atom is 0.272 e. The first-order valence-corrected chi connectivity index (χ1v) is 13.2. The van der Waals surface area contributed by atoms with E-state index in [1.54, 1.807) is 28.9 Å². The van der Waals surface area contributed by atoms with Crippen LogP contribution in [0, 0.1) is 11.7 Å². The van der Waals surface area contributed by atoms with Gasteiger partial charge in [-0.3, -0.25) is 4.79 Å². The van der Waals surface area contributed by atoms with Gasteiger partial charge in [0, 0.05) is 29.7 Å². The third kappa shape index (κ3) is 5.22. The summed E-state index contributed by atoms with van der Waals surface area (Å²) in [5.41, 5.74) is 4.44. The highest BCUT2D eigenvalue weighted by Gasteiger charge is 2.30. The van der Waals surface area contributed by atoms with Gasteiger partial charge in [0.15, 0.2) is 5.69 Å². The molecule has 3 aromatic rings. The fourth-order valence-corrected chi connectivity index (χ4v) is 5.76. The van der Waals surface area contributed by atoms with Gasteiger partial charge in [0.1, 0.15) is 5.82 Å². The molecule has 0 radical (unpaired) electrons. The van der Waals surface area contributed by atoms with Crippen molar-refractivity contribution in [1.82, 2.24) is 20.4 Å². The molecule has 1 aromatic heterocycles. The molecule has 2 aromatic carbocycles. The number of rotatable bonds is 5. The highest BCUT2D eigenvalue weighted by Crippen LogP contribution is 2.34. The second-order valence-electron chi connectivity index (χ2n) is 9.67. The number of hydrogen-bond acceptors (Lipinski definition) is 3. The number of amides is 1. The van der Waals surface area contributed by atoms with Crippen molar-refractivity contribution in [2.24, 2.45) is 5.92 Å². The molecule has 5 nitrogen and oxygen atoms in total. The molecule has 1 saturated carbocycles. The Morgan fingerprint density at radius 2 is 1.89 bits per heavy atom. The number of aromatic nitrogens is 2. The van der Waals surface area contributed by atoms with Crippen molar-refractivity contribution in [1.29, 1.82) is 0 Å². The van der Waals surface area contributed by atoms with E-state index in [0.29, 0.717) is 40.4 Å². The van der Waals surface area contributed by atoms with Gasteiger partial charge in [-0.05, 0) is 73.2 Å². The second kappa shape index (κ2) is 10.8. The third-order valence-corrected chi connectivity index (χ3v) is 7.72. The van der Waals surface area contributed by atoms with Crippen molar-refractivity contribution in [3.63, 3.8) is 0 Å². The van der Waals surface area contributed by atoms with E-state index in [-0.39, 0.29) is 17.8 Å². The molecule has 1 aliphatic carbocycles. The Morgan fingerprint density at radius 3 is 2.61 bits per heavy atom. The molecular weight excluding hydrogens is 498 g/mol. The van der Waals surface area contributed by atoms with Crippen LogP contribution in [0.15, 0.2) is 42.5 Å². The van der Waals surface area contributed by atoms with Crippen LogP contribution in [0.25, 0.3) is 17.3 Å². The Bertz CT molecular complexity index is 1300. The molecule has 1 fully saturated rings. The minimum absolute atomic E-state index is 0.0727. The monoisotopic (exact) mass is 526 g/mol. The molecule has 0 unspecified atom stereocenters. The number of benzene rings is 2. The molecule has 5 rings (SSSR count). The molecule has 1 atom stereocenters. The highest BCUT2D eigenvalue weighted by molar-refractivity contribution is 6.35. The standard InChI is InChI=1S/C28H29Cl2FN4O/c1-17(19-5-3-2-4-6-19)33-28(36)26-23-16-32-15-20(13-18-7-10-22(31)11-8-18)27(23)35(34-26)25-12-9-21(29)14-24(25)30/h7-14,17,19,32H,2-6,15-16H2,1H3,(H,33,36)/t17-/m1/s1. The number of fused-ring (bicyclic) bond motifs is 1. The van der Waals surface area contributed by atoms with Gasteiger partial charge in [0.2, 0.25) is 0 Å². The summed E-state index contributed by atoms with van der Waals surface area (Å²) in [6.07, 6.45) is 7.96. The molecule has 0 bridgehead atoms. The molecule has 188 valence electrons. The van der Waals surface area contributed by atoms with Crippen molar-refractivity contribution >= 4 is 40.8 Å². The number of nitrogens with one attached hydrogen (secondary N) is 2. The van der Waals surface area contributed by atoms with E-state index in [1.807, 2.05) is 12.1 Å². The summed E-state index contributed by atoms with van der Waals surface area (Å²) >= 11 is 12.7. The summed E-state index contributed by atoms with van der Waals surface area (Å²) in [5.74, 6) is 0.0139. The molecule has 0 saturated heterocycles. The molecule has 2 aliphatic rings. The number of hydrogen-bond donors (Lipinski definition) is 2. The maximum absolute atomic E-state index is 13.5. The van der Waals surface area contributed by atoms with Gasteiger partial charge in [-0.2, -0.15) is 5.10 Å². The van der Waals surface area contributed by atoms with Gasteiger partial charge in [-0.1, -0.05) is 54.6 Å². The summed E-state index contributed by atoms with van der Waals surface area (Å²) in [5, 5.41) is 12.4. The molecule has 2 N–H and O–H groups in total. The van der Waals surface area contributed by atoms with Crippen molar-refractivity contribution in [2.75, 3.05) is 6.54 Å². The predicted octanol–water partition coefficient (Wildman–Crippen LogP) is 6.66. The number of carbonyl (C=O) groups excluding carboxylic acids is 1. The number of carbonyl (C=O) groups is 1. The predicted molar refractivity (Wildman–Crippen MR) is 143 cm³/mol. The SMILES string of the molecule is C[C@@H](NC(=O)c1nn(-c2ccc(Cl)cc2Cl)c2c1CNCC2=Cc1ccc(F)cc1)C1CCCCC1. The fourth-order valence-electron chi connectivity index (χ4n) is 5.27. The first kappa shape index (κ1) is 25.0. The van der Waals surface area contributed by atoms with E-state index in [0.717, 1.165) is 35.2 Å². The van der Waals surface area contributed by atoms with Crippen molar-refractivity contribution < 1.29 is 9.18 Å². The smallest absolute Gasteiger partial charge is 0.272 e. The zero-order valence-corrected chi connectivity index (χ0v) is 21.7. The molecule has 1 aliphatic heterocycles. The van der Waals surface area contributed by atoms with Crippen molar-refractivity contribution in [2.45, 2.75) is 51.6 Å². The van der Waals surface area contributed by atoms with Gasteiger partial charge in [-0.15, -0.1) is 0 Å². The molecule has 36 heavy (non-hydrogen) atoms. The summed E-state index contributed by atoms with van der Waals surface area (Å²) in [6.45, 7) is 3.16. The normalized spacial score (nSPS) is 18.2. The Kier molecular flexibility index (Phi) is 7.47. The molecule has 8 heteroatoms. The average Bonchev–Trinajstić information content (AvgIpc) is 3.26. The highest BCUT2D eigenvalue weighted by atomic mass is 35.5. The van der Waals surface area contributed by atoms with Crippen LogP contribution in [0.2, 0.25) is 10.0 Å². The Balaban J connectivity index is 1.57. The summed E-state index contributed by atoms with van der Waals surface area (Å²) in [6, 6.07) is 11.6. The lowest BCUT2D eigenvalue weighted by atomic mass is 9.84. The lowest BCUT2D eigenvalue weighted by molar-refractivity contribution is 0.0912. The van der Waals surface area contributed by atoms with E-state index in [9.17, 15) is 9.18 Å². The summed E-state index contributed by atoms with van der Waals surface area (Å²) in [7, 11) is 0. The lowest BCUT2D eigenvalue weighted by Crippen LogP contribution is -2.39. The van der Waals surface area contributed by atoms with E-state index >= 15 is 0 Å². The number of nitrogens with zero attached hydrogens (tertiary/aromatic N) is 2. The van der Waals surface area contributed by atoms with Crippen LogP contribution in [-0.4, -0.2) is 28.3 Å². The van der Waals surface area contributed by atoms with Gasteiger partial charge < -0.3 is 10.6 Å². The first-order valence-electron chi connectivity index (χ1n) is 12.5. The van der Waals surface area contributed by atoms with Crippen LogP contribution in [0.1, 0.15) is 66.3 Å². The van der Waals surface area contributed by atoms with E-state index < -0.39 is 0 Å². The Hall–Kier alpha value is -2.67.